The highest BCUT2D eigenvalue weighted by Gasteiger charge is 2.27. The van der Waals surface area contributed by atoms with Crippen molar-refractivity contribution >= 4 is 0 Å². The molecule has 3 rings (SSSR count). The van der Waals surface area contributed by atoms with Gasteiger partial charge >= 0.3 is 0 Å². The Bertz CT molecular complexity index is 620. The van der Waals surface area contributed by atoms with Gasteiger partial charge in [0, 0.05) is 5.92 Å². The number of rotatable bonds is 5. The lowest BCUT2D eigenvalue weighted by Gasteiger charge is -2.28. The van der Waals surface area contributed by atoms with Crippen molar-refractivity contribution in [2.24, 2.45) is 5.92 Å². The Morgan fingerprint density at radius 1 is 0.833 bits per heavy atom. The highest BCUT2D eigenvalue weighted by Crippen LogP contribution is 2.38. The lowest BCUT2D eigenvalue weighted by atomic mass is 9.78. The lowest BCUT2D eigenvalue weighted by molar-refractivity contribution is 0.0528. The van der Waals surface area contributed by atoms with E-state index in [1.165, 1.54) is 28.7 Å². The third kappa shape index (κ3) is 4.03. The van der Waals surface area contributed by atoms with Crippen LogP contribution in [0.5, 0.6) is 0 Å². The highest BCUT2D eigenvalue weighted by molar-refractivity contribution is 5.64. The topological polar surface area (TPSA) is 0 Å². The van der Waals surface area contributed by atoms with Crippen LogP contribution < -0.4 is 0 Å². The first-order chi connectivity index (χ1) is 11.7. The van der Waals surface area contributed by atoms with Crippen molar-refractivity contribution in [3.8, 4) is 11.1 Å². The van der Waals surface area contributed by atoms with E-state index in [9.17, 15) is 8.78 Å². The molecule has 1 aliphatic rings. The molecule has 0 radical (unpaired) electrons. The largest absolute Gasteiger partial charge is 0.241 e. The molecule has 2 aromatic rings. The summed E-state index contributed by atoms with van der Waals surface area (Å²) in [5, 5.41) is 0. The minimum Gasteiger partial charge on any atom is -0.210 e. The molecule has 1 saturated carbocycles. The summed E-state index contributed by atoms with van der Waals surface area (Å²) in [6.45, 7) is 2.20. The molecule has 0 unspecified atom stereocenters. The first-order valence-corrected chi connectivity index (χ1v) is 9.14. The van der Waals surface area contributed by atoms with Crippen LogP contribution in [0.3, 0.4) is 0 Å². The van der Waals surface area contributed by atoms with Crippen LogP contribution in [0.25, 0.3) is 11.1 Å². The Labute approximate surface area is 143 Å². The molecular formula is C22H26F2. The van der Waals surface area contributed by atoms with Crippen LogP contribution >= 0.6 is 0 Å². The van der Waals surface area contributed by atoms with E-state index >= 15 is 0 Å². The van der Waals surface area contributed by atoms with Crippen LogP contribution in [0.1, 0.15) is 56.1 Å². The normalized spacial score (nSPS) is 21.2. The molecule has 0 atom stereocenters. The fraction of sp³-hybridized carbons (Fsp3) is 0.455. The molecule has 24 heavy (non-hydrogen) atoms. The maximum Gasteiger partial charge on any atom is 0.241 e. The molecular weight excluding hydrogens is 302 g/mol. The maximum atomic E-state index is 12.8. The Balaban J connectivity index is 1.65. The highest BCUT2D eigenvalue weighted by atomic mass is 19.3. The molecule has 0 amide bonds. The van der Waals surface area contributed by atoms with Gasteiger partial charge in [0.2, 0.25) is 6.43 Å². The summed E-state index contributed by atoms with van der Waals surface area (Å²) in [5.74, 6) is 0.0585. The van der Waals surface area contributed by atoms with Gasteiger partial charge in [-0.15, -0.1) is 0 Å². The standard InChI is InChI=1S/C22H26F2/c1-2-3-16-4-6-17(7-5-16)18-8-10-19(11-9-18)20-12-14-21(15-13-20)22(23)24/h4-11,20-22H,2-3,12-15H2,1H3/t20-,21-. The zero-order valence-electron chi connectivity index (χ0n) is 14.3. The van der Waals surface area contributed by atoms with Gasteiger partial charge in [-0.1, -0.05) is 61.9 Å². The van der Waals surface area contributed by atoms with E-state index < -0.39 is 6.43 Å². The van der Waals surface area contributed by atoms with Crippen LogP contribution in [-0.2, 0) is 6.42 Å². The summed E-state index contributed by atoms with van der Waals surface area (Å²) in [4.78, 5) is 0. The van der Waals surface area contributed by atoms with Crippen molar-refractivity contribution in [2.75, 3.05) is 0 Å². The summed E-state index contributed by atoms with van der Waals surface area (Å²) in [5.41, 5.74) is 5.15. The molecule has 0 aromatic heterocycles. The molecule has 0 N–H and O–H groups in total. The molecule has 0 saturated heterocycles. The van der Waals surface area contributed by atoms with Gasteiger partial charge in [-0.25, -0.2) is 8.78 Å². The van der Waals surface area contributed by atoms with Gasteiger partial charge in [0.25, 0.3) is 0 Å². The quantitative estimate of drug-likeness (QED) is 0.563. The van der Waals surface area contributed by atoms with Crippen LogP contribution in [0, 0.1) is 5.92 Å². The first-order valence-electron chi connectivity index (χ1n) is 9.14. The average Bonchev–Trinajstić information content (AvgIpc) is 2.63. The van der Waals surface area contributed by atoms with Crippen LogP contribution in [0.15, 0.2) is 48.5 Å². The fourth-order valence-corrected chi connectivity index (χ4v) is 3.80. The molecule has 1 aliphatic carbocycles. The van der Waals surface area contributed by atoms with Gasteiger partial charge in [-0.3, -0.25) is 0 Å². The van der Waals surface area contributed by atoms with Crippen LogP contribution in [-0.4, -0.2) is 6.43 Å². The number of alkyl halides is 2. The summed E-state index contributed by atoms with van der Waals surface area (Å²) >= 11 is 0. The average molecular weight is 328 g/mol. The van der Waals surface area contributed by atoms with E-state index in [0.717, 1.165) is 19.3 Å². The Hall–Kier alpha value is -1.70. The summed E-state index contributed by atoms with van der Waals surface area (Å²) in [6.07, 6.45) is 3.23. The lowest BCUT2D eigenvalue weighted by Crippen LogP contribution is -2.19. The Morgan fingerprint density at radius 3 is 1.88 bits per heavy atom. The Morgan fingerprint density at radius 2 is 1.38 bits per heavy atom. The number of halogens is 2. The molecule has 0 heterocycles. The van der Waals surface area contributed by atoms with E-state index in [-0.39, 0.29) is 5.92 Å². The van der Waals surface area contributed by atoms with Crippen molar-refractivity contribution in [2.45, 2.75) is 57.8 Å². The molecule has 0 bridgehead atoms. The fourth-order valence-electron chi connectivity index (χ4n) is 3.80. The summed E-state index contributed by atoms with van der Waals surface area (Å²) < 4.78 is 25.5. The minimum atomic E-state index is -2.15. The van der Waals surface area contributed by atoms with E-state index in [1.807, 2.05) is 0 Å². The van der Waals surface area contributed by atoms with Crippen LogP contribution in [0.2, 0.25) is 0 Å². The van der Waals surface area contributed by atoms with Crippen molar-refractivity contribution in [1.82, 2.24) is 0 Å². The van der Waals surface area contributed by atoms with Gasteiger partial charge < -0.3 is 0 Å². The second kappa shape index (κ2) is 7.92. The summed E-state index contributed by atoms with van der Waals surface area (Å²) in [6, 6.07) is 17.5. The van der Waals surface area contributed by atoms with Crippen molar-refractivity contribution < 1.29 is 8.78 Å². The Kier molecular flexibility index (Phi) is 5.65. The molecule has 1 fully saturated rings. The van der Waals surface area contributed by atoms with Crippen molar-refractivity contribution in [1.29, 1.82) is 0 Å². The molecule has 2 aromatic carbocycles. The summed E-state index contributed by atoms with van der Waals surface area (Å²) in [7, 11) is 0. The SMILES string of the molecule is CCCc1ccc(-c2ccc([C@H]3CC[C@H](C(F)F)CC3)cc2)cc1. The van der Waals surface area contributed by atoms with E-state index in [4.69, 9.17) is 0 Å². The monoisotopic (exact) mass is 328 g/mol. The predicted octanol–water partition coefficient (Wildman–Crippen LogP) is 6.85. The molecule has 128 valence electrons. The van der Waals surface area contributed by atoms with Gasteiger partial charge in [-0.05, 0) is 60.3 Å². The van der Waals surface area contributed by atoms with Gasteiger partial charge in [0.15, 0.2) is 0 Å². The number of hydrogen-bond acceptors (Lipinski definition) is 0. The van der Waals surface area contributed by atoms with E-state index in [2.05, 4.69) is 55.5 Å². The zero-order chi connectivity index (χ0) is 16.9. The molecule has 0 aliphatic heterocycles. The zero-order valence-corrected chi connectivity index (χ0v) is 14.3. The molecule has 0 nitrogen and oxygen atoms in total. The number of benzene rings is 2. The van der Waals surface area contributed by atoms with Crippen molar-refractivity contribution in [3.63, 3.8) is 0 Å². The molecule has 0 spiro atoms. The third-order valence-corrected chi connectivity index (χ3v) is 5.34. The van der Waals surface area contributed by atoms with Gasteiger partial charge in [-0.2, -0.15) is 0 Å². The second-order valence-electron chi connectivity index (χ2n) is 7.02. The van der Waals surface area contributed by atoms with Gasteiger partial charge in [0.05, 0.1) is 0 Å². The van der Waals surface area contributed by atoms with Gasteiger partial charge in [0.1, 0.15) is 0 Å². The number of aryl methyl sites for hydroxylation is 1. The smallest absolute Gasteiger partial charge is 0.210 e. The molecule has 2 heteroatoms. The maximum absolute atomic E-state index is 12.8. The third-order valence-electron chi connectivity index (χ3n) is 5.34. The van der Waals surface area contributed by atoms with E-state index in [0.29, 0.717) is 18.8 Å². The predicted molar refractivity (Wildman–Crippen MR) is 96.6 cm³/mol. The second-order valence-corrected chi connectivity index (χ2v) is 7.02. The number of hydrogen-bond donors (Lipinski definition) is 0. The van der Waals surface area contributed by atoms with E-state index in [1.54, 1.807) is 0 Å². The van der Waals surface area contributed by atoms with Crippen molar-refractivity contribution in [3.05, 3.63) is 59.7 Å². The van der Waals surface area contributed by atoms with Crippen LogP contribution in [0.4, 0.5) is 8.78 Å². The first kappa shape index (κ1) is 17.1. The minimum absolute atomic E-state index is 0.387.